The summed E-state index contributed by atoms with van der Waals surface area (Å²) in [6, 6.07) is 0. The zero-order valence-corrected chi connectivity index (χ0v) is 5.99. The molecule has 0 amide bonds. The summed E-state index contributed by atoms with van der Waals surface area (Å²) in [6.07, 6.45) is 0. The van der Waals surface area contributed by atoms with Gasteiger partial charge in [0.05, 0.1) is 5.37 Å². The molecule has 1 aliphatic heterocycles. The van der Waals surface area contributed by atoms with Gasteiger partial charge < -0.3 is 10.2 Å². The summed E-state index contributed by atoms with van der Waals surface area (Å²) in [4.78, 5) is 2.27. The number of nitrogens with one attached hydrogen (secondary N) is 1. The Hall–Kier alpha value is 0.270. The SMILES string of the molecule is CN1CCNC(S)C1. The molecule has 0 aromatic rings. The van der Waals surface area contributed by atoms with Crippen LogP contribution in [0.4, 0.5) is 0 Å². The van der Waals surface area contributed by atoms with Crippen LogP contribution >= 0.6 is 12.6 Å². The molecule has 0 radical (unpaired) electrons. The van der Waals surface area contributed by atoms with Gasteiger partial charge in [-0.15, -0.1) is 0 Å². The molecule has 1 saturated heterocycles. The predicted molar refractivity (Wildman–Crippen MR) is 38.3 cm³/mol. The Labute approximate surface area is 55.7 Å². The lowest BCUT2D eigenvalue weighted by Crippen LogP contribution is -2.46. The van der Waals surface area contributed by atoms with E-state index >= 15 is 0 Å². The quantitative estimate of drug-likeness (QED) is 0.443. The van der Waals surface area contributed by atoms with Gasteiger partial charge in [-0.1, -0.05) is 0 Å². The first-order valence-electron chi connectivity index (χ1n) is 2.89. The molecule has 8 heavy (non-hydrogen) atoms. The van der Waals surface area contributed by atoms with Crippen LogP contribution in [-0.4, -0.2) is 37.0 Å². The van der Waals surface area contributed by atoms with Crippen molar-refractivity contribution < 1.29 is 0 Å². The van der Waals surface area contributed by atoms with E-state index in [4.69, 9.17) is 0 Å². The molecule has 1 heterocycles. The first kappa shape index (κ1) is 6.39. The largest absolute Gasteiger partial charge is 0.303 e. The van der Waals surface area contributed by atoms with Crippen LogP contribution in [0, 0.1) is 0 Å². The summed E-state index contributed by atoms with van der Waals surface area (Å²) in [5.74, 6) is 0. The average molecular weight is 132 g/mol. The highest BCUT2D eigenvalue weighted by Crippen LogP contribution is 1.97. The van der Waals surface area contributed by atoms with Crippen LogP contribution in [0.5, 0.6) is 0 Å². The van der Waals surface area contributed by atoms with E-state index in [-0.39, 0.29) is 0 Å². The lowest BCUT2D eigenvalue weighted by atomic mass is 10.4. The van der Waals surface area contributed by atoms with E-state index in [1.165, 1.54) is 0 Å². The Balaban J connectivity index is 2.23. The second kappa shape index (κ2) is 2.71. The molecule has 1 aliphatic rings. The van der Waals surface area contributed by atoms with Gasteiger partial charge in [-0.25, -0.2) is 0 Å². The maximum Gasteiger partial charge on any atom is 0.0631 e. The summed E-state index contributed by atoms with van der Waals surface area (Å²) < 4.78 is 0. The van der Waals surface area contributed by atoms with Crippen LogP contribution in [0.25, 0.3) is 0 Å². The minimum absolute atomic E-state index is 0.383. The van der Waals surface area contributed by atoms with Gasteiger partial charge in [0.2, 0.25) is 0 Å². The number of rotatable bonds is 0. The van der Waals surface area contributed by atoms with Crippen molar-refractivity contribution in [2.75, 3.05) is 26.7 Å². The lowest BCUT2D eigenvalue weighted by molar-refractivity contribution is 0.279. The summed E-state index contributed by atoms with van der Waals surface area (Å²) in [5.41, 5.74) is 0. The standard InChI is InChI=1S/C5H12N2S/c1-7-3-2-6-5(8)4-7/h5-6,8H,2-4H2,1H3. The van der Waals surface area contributed by atoms with E-state index in [0.29, 0.717) is 5.37 Å². The summed E-state index contributed by atoms with van der Waals surface area (Å²) in [7, 11) is 2.12. The molecule has 1 atom stereocenters. The fourth-order valence-electron chi connectivity index (χ4n) is 0.873. The van der Waals surface area contributed by atoms with Crippen LogP contribution in [0.15, 0.2) is 0 Å². The number of likely N-dealkylation sites (N-methyl/N-ethyl adjacent to an activating group) is 1. The highest BCUT2D eigenvalue weighted by molar-refractivity contribution is 7.80. The lowest BCUT2D eigenvalue weighted by Gasteiger charge is -2.27. The first-order valence-corrected chi connectivity index (χ1v) is 3.40. The molecule has 0 bridgehead atoms. The topological polar surface area (TPSA) is 15.3 Å². The average Bonchev–Trinajstić information content (AvgIpc) is 1.64. The normalized spacial score (nSPS) is 33.0. The molecule has 2 nitrogen and oxygen atoms in total. The van der Waals surface area contributed by atoms with Gasteiger partial charge >= 0.3 is 0 Å². The maximum atomic E-state index is 4.27. The highest BCUT2D eigenvalue weighted by Gasteiger charge is 2.10. The van der Waals surface area contributed by atoms with Crippen LogP contribution < -0.4 is 5.32 Å². The van der Waals surface area contributed by atoms with Gasteiger partial charge in [-0.05, 0) is 7.05 Å². The van der Waals surface area contributed by atoms with Crippen LogP contribution in [0.3, 0.4) is 0 Å². The van der Waals surface area contributed by atoms with Crippen molar-refractivity contribution in [3.8, 4) is 0 Å². The van der Waals surface area contributed by atoms with Crippen LogP contribution in [0.2, 0.25) is 0 Å². The van der Waals surface area contributed by atoms with Crippen molar-refractivity contribution in [2.24, 2.45) is 0 Å². The molecule has 1 fully saturated rings. The Bertz CT molecular complexity index is 68.8. The predicted octanol–water partition coefficient (Wildman–Crippen LogP) is -0.223. The number of piperazine rings is 1. The Morgan fingerprint density at radius 2 is 2.50 bits per heavy atom. The van der Waals surface area contributed by atoms with E-state index in [0.717, 1.165) is 19.6 Å². The molecule has 3 heteroatoms. The molecule has 1 rings (SSSR count). The number of nitrogens with zero attached hydrogens (tertiary/aromatic N) is 1. The van der Waals surface area contributed by atoms with E-state index in [1.54, 1.807) is 0 Å². The molecular formula is C5H12N2S. The van der Waals surface area contributed by atoms with E-state index in [9.17, 15) is 0 Å². The zero-order valence-electron chi connectivity index (χ0n) is 5.09. The molecule has 0 aromatic heterocycles. The van der Waals surface area contributed by atoms with Crippen molar-refractivity contribution in [1.82, 2.24) is 10.2 Å². The smallest absolute Gasteiger partial charge is 0.0631 e. The molecule has 0 saturated carbocycles. The fraction of sp³-hybridized carbons (Fsp3) is 1.00. The Morgan fingerprint density at radius 3 is 2.88 bits per heavy atom. The Kier molecular flexibility index (Phi) is 2.16. The molecule has 0 spiro atoms. The zero-order chi connectivity index (χ0) is 5.98. The third-order valence-electron chi connectivity index (χ3n) is 1.36. The van der Waals surface area contributed by atoms with Crippen molar-refractivity contribution in [1.29, 1.82) is 0 Å². The summed E-state index contributed by atoms with van der Waals surface area (Å²) >= 11 is 4.27. The molecular weight excluding hydrogens is 120 g/mol. The second-order valence-electron chi connectivity index (χ2n) is 2.23. The van der Waals surface area contributed by atoms with Crippen LogP contribution in [0.1, 0.15) is 0 Å². The van der Waals surface area contributed by atoms with Crippen LogP contribution in [-0.2, 0) is 0 Å². The van der Waals surface area contributed by atoms with E-state index in [2.05, 4.69) is 29.9 Å². The first-order chi connectivity index (χ1) is 3.79. The van der Waals surface area contributed by atoms with Crippen molar-refractivity contribution in [2.45, 2.75) is 5.37 Å². The van der Waals surface area contributed by atoms with E-state index in [1.807, 2.05) is 0 Å². The molecule has 1 unspecified atom stereocenters. The minimum atomic E-state index is 0.383. The van der Waals surface area contributed by atoms with Crippen molar-refractivity contribution in [3.05, 3.63) is 0 Å². The third-order valence-corrected chi connectivity index (χ3v) is 1.70. The molecule has 1 N–H and O–H groups in total. The van der Waals surface area contributed by atoms with Gasteiger partial charge in [0, 0.05) is 19.6 Å². The van der Waals surface area contributed by atoms with E-state index < -0.39 is 0 Å². The van der Waals surface area contributed by atoms with Gasteiger partial charge in [0.25, 0.3) is 0 Å². The molecule has 0 aromatic carbocycles. The Morgan fingerprint density at radius 1 is 1.75 bits per heavy atom. The van der Waals surface area contributed by atoms with Gasteiger partial charge in [-0.3, -0.25) is 0 Å². The highest BCUT2D eigenvalue weighted by atomic mass is 32.1. The number of hydrogen-bond acceptors (Lipinski definition) is 3. The third kappa shape index (κ3) is 1.65. The summed E-state index contributed by atoms with van der Waals surface area (Å²) in [6.45, 7) is 3.28. The van der Waals surface area contributed by atoms with Crippen molar-refractivity contribution in [3.63, 3.8) is 0 Å². The van der Waals surface area contributed by atoms with Gasteiger partial charge in [0.1, 0.15) is 0 Å². The second-order valence-corrected chi connectivity index (χ2v) is 2.86. The molecule has 0 aliphatic carbocycles. The summed E-state index contributed by atoms with van der Waals surface area (Å²) in [5, 5.41) is 3.62. The fourth-order valence-corrected chi connectivity index (χ4v) is 1.28. The maximum absolute atomic E-state index is 4.27. The van der Waals surface area contributed by atoms with Crippen molar-refractivity contribution >= 4 is 12.6 Å². The number of thiol groups is 1. The number of hydrogen-bond donors (Lipinski definition) is 2. The molecule has 48 valence electrons. The minimum Gasteiger partial charge on any atom is -0.303 e. The van der Waals surface area contributed by atoms with Gasteiger partial charge in [-0.2, -0.15) is 12.6 Å². The monoisotopic (exact) mass is 132 g/mol. The van der Waals surface area contributed by atoms with Gasteiger partial charge in [0.15, 0.2) is 0 Å².